The number of hydrogen-bond acceptors (Lipinski definition) is 4. The van der Waals surface area contributed by atoms with Gasteiger partial charge in [0, 0.05) is 16.7 Å². The highest BCUT2D eigenvalue weighted by molar-refractivity contribution is 9.10. The molecule has 0 aliphatic rings. The van der Waals surface area contributed by atoms with Crippen LogP contribution in [0.3, 0.4) is 0 Å². The van der Waals surface area contributed by atoms with E-state index >= 15 is 0 Å². The predicted molar refractivity (Wildman–Crippen MR) is 60.5 cm³/mol. The molecule has 4 nitrogen and oxygen atoms in total. The average Bonchev–Trinajstić information content (AvgIpc) is 2.64. The monoisotopic (exact) mass is 267 g/mol. The average molecular weight is 268 g/mol. The minimum Gasteiger partial charge on any atom is -0.363 e. The van der Waals surface area contributed by atoms with Gasteiger partial charge in [-0.1, -0.05) is 5.16 Å². The second-order valence-electron chi connectivity index (χ2n) is 3.15. The number of rotatable bonds is 3. The molecule has 0 bridgehead atoms. The lowest BCUT2D eigenvalue weighted by Gasteiger charge is -2.01. The van der Waals surface area contributed by atoms with Gasteiger partial charge in [-0.3, -0.25) is 0 Å². The lowest BCUT2D eigenvalue weighted by molar-refractivity contribution is 0.384. The first kappa shape index (κ1) is 10.2. The summed E-state index contributed by atoms with van der Waals surface area (Å²) in [5.74, 6) is 1.62. The van der Waals surface area contributed by atoms with Crippen molar-refractivity contribution >= 4 is 21.7 Å². The Hall–Kier alpha value is -1.36. The highest BCUT2D eigenvalue weighted by atomic mass is 79.9. The smallest absolute Gasteiger partial charge is 0.156 e. The van der Waals surface area contributed by atoms with Crippen molar-refractivity contribution in [1.29, 1.82) is 0 Å². The van der Waals surface area contributed by atoms with Crippen LogP contribution < -0.4 is 5.32 Å². The molecule has 2 aromatic heterocycles. The van der Waals surface area contributed by atoms with Crippen LogP contribution in [0.4, 0.5) is 5.82 Å². The van der Waals surface area contributed by atoms with Gasteiger partial charge in [-0.15, -0.1) is 0 Å². The maximum atomic E-state index is 5.06. The Bertz CT molecular complexity index is 438. The van der Waals surface area contributed by atoms with Crippen molar-refractivity contribution in [2.45, 2.75) is 13.5 Å². The molecular formula is C10H10BrN3O. The SMILES string of the molecule is Cc1cc(CNc2ccc(Br)cn2)on1. The van der Waals surface area contributed by atoms with E-state index in [0.717, 1.165) is 21.7 Å². The Morgan fingerprint density at radius 2 is 2.33 bits per heavy atom. The summed E-state index contributed by atoms with van der Waals surface area (Å²) < 4.78 is 6.02. The number of anilines is 1. The third-order valence-electron chi connectivity index (χ3n) is 1.85. The normalized spacial score (nSPS) is 10.3. The maximum Gasteiger partial charge on any atom is 0.156 e. The van der Waals surface area contributed by atoms with Gasteiger partial charge in [0.1, 0.15) is 5.82 Å². The van der Waals surface area contributed by atoms with Crippen LogP contribution in [0, 0.1) is 6.92 Å². The zero-order valence-electron chi connectivity index (χ0n) is 8.20. The van der Waals surface area contributed by atoms with Crippen LogP contribution in [-0.2, 0) is 6.54 Å². The Morgan fingerprint density at radius 3 is 2.93 bits per heavy atom. The van der Waals surface area contributed by atoms with Gasteiger partial charge < -0.3 is 9.84 Å². The van der Waals surface area contributed by atoms with Crippen LogP contribution in [-0.4, -0.2) is 10.1 Å². The third-order valence-corrected chi connectivity index (χ3v) is 2.32. The fraction of sp³-hybridized carbons (Fsp3) is 0.200. The summed E-state index contributed by atoms with van der Waals surface area (Å²) in [5, 5.41) is 6.94. The van der Waals surface area contributed by atoms with E-state index in [1.54, 1.807) is 6.20 Å². The van der Waals surface area contributed by atoms with Crippen molar-refractivity contribution in [1.82, 2.24) is 10.1 Å². The molecule has 0 amide bonds. The molecular weight excluding hydrogens is 258 g/mol. The molecule has 0 fully saturated rings. The number of halogens is 1. The number of aromatic nitrogens is 2. The lowest BCUT2D eigenvalue weighted by Crippen LogP contribution is -1.99. The van der Waals surface area contributed by atoms with E-state index in [-0.39, 0.29) is 0 Å². The van der Waals surface area contributed by atoms with Crippen LogP contribution in [0.2, 0.25) is 0 Å². The molecule has 0 aromatic carbocycles. The summed E-state index contributed by atoms with van der Waals surface area (Å²) in [6, 6.07) is 5.72. The minimum atomic E-state index is 0.593. The molecule has 0 saturated heterocycles. The van der Waals surface area contributed by atoms with E-state index in [4.69, 9.17) is 4.52 Å². The summed E-state index contributed by atoms with van der Waals surface area (Å²) in [4.78, 5) is 4.18. The summed E-state index contributed by atoms with van der Waals surface area (Å²) >= 11 is 3.33. The van der Waals surface area contributed by atoms with Crippen LogP contribution in [0.25, 0.3) is 0 Å². The van der Waals surface area contributed by atoms with E-state index in [1.807, 2.05) is 25.1 Å². The Balaban J connectivity index is 1.96. The summed E-state index contributed by atoms with van der Waals surface area (Å²) in [6.45, 7) is 2.49. The molecule has 15 heavy (non-hydrogen) atoms. The zero-order valence-corrected chi connectivity index (χ0v) is 9.78. The van der Waals surface area contributed by atoms with Crippen LogP contribution in [0.5, 0.6) is 0 Å². The summed E-state index contributed by atoms with van der Waals surface area (Å²) in [7, 11) is 0. The Labute approximate surface area is 95.8 Å². The van der Waals surface area contributed by atoms with Gasteiger partial charge in [-0.25, -0.2) is 4.98 Å². The predicted octanol–water partition coefficient (Wildman–Crippen LogP) is 2.75. The van der Waals surface area contributed by atoms with Gasteiger partial charge >= 0.3 is 0 Å². The number of hydrogen-bond donors (Lipinski definition) is 1. The fourth-order valence-corrected chi connectivity index (χ4v) is 1.39. The highest BCUT2D eigenvalue weighted by Crippen LogP contribution is 2.11. The highest BCUT2D eigenvalue weighted by Gasteiger charge is 2.00. The standard InChI is InChI=1S/C10H10BrN3O/c1-7-4-9(15-14-7)6-13-10-3-2-8(11)5-12-10/h2-5H,6H2,1H3,(H,12,13). The molecule has 0 aliphatic carbocycles. The quantitative estimate of drug-likeness (QED) is 0.929. The van der Waals surface area contributed by atoms with E-state index in [9.17, 15) is 0 Å². The molecule has 1 N–H and O–H groups in total. The van der Waals surface area contributed by atoms with Crippen LogP contribution >= 0.6 is 15.9 Å². The van der Waals surface area contributed by atoms with Gasteiger partial charge in [0.15, 0.2) is 5.76 Å². The van der Waals surface area contributed by atoms with Crippen molar-refractivity contribution in [3.8, 4) is 0 Å². The summed E-state index contributed by atoms with van der Waals surface area (Å²) in [5.41, 5.74) is 0.885. The van der Waals surface area contributed by atoms with Gasteiger partial charge in [-0.2, -0.15) is 0 Å². The van der Waals surface area contributed by atoms with Crippen LogP contribution in [0.15, 0.2) is 33.4 Å². The fourth-order valence-electron chi connectivity index (χ4n) is 1.16. The largest absolute Gasteiger partial charge is 0.363 e. The molecule has 2 heterocycles. The number of nitrogens with one attached hydrogen (secondary N) is 1. The van der Waals surface area contributed by atoms with Crippen molar-refractivity contribution in [2.24, 2.45) is 0 Å². The third kappa shape index (κ3) is 2.79. The maximum absolute atomic E-state index is 5.06. The van der Waals surface area contributed by atoms with Gasteiger partial charge in [0.25, 0.3) is 0 Å². The zero-order chi connectivity index (χ0) is 10.7. The van der Waals surface area contributed by atoms with Crippen molar-refractivity contribution in [3.05, 3.63) is 40.3 Å². The Morgan fingerprint density at radius 1 is 1.47 bits per heavy atom. The molecule has 0 aliphatic heterocycles. The number of aryl methyl sites for hydroxylation is 1. The molecule has 2 aromatic rings. The molecule has 5 heteroatoms. The van der Waals surface area contributed by atoms with Crippen molar-refractivity contribution < 1.29 is 4.52 Å². The van der Waals surface area contributed by atoms with E-state index in [2.05, 4.69) is 31.4 Å². The first-order chi connectivity index (χ1) is 7.24. The number of nitrogens with zero attached hydrogens (tertiary/aromatic N) is 2. The second kappa shape index (κ2) is 4.44. The van der Waals surface area contributed by atoms with E-state index < -0.39 is 0 Å². The first-order valence-corrected chi connectivity index (χ1v) is 5.31. The van der Waals surface area contributed by atoms with Gasteiger partial charge in [0.2, 0.25) is 0 Å². The van der Waals surface area contributed by atoms with Crippen molar-refractivity contribution in [2.75, 3.05) is 5.32 Å². The second-order valence-corrected chi connectivity index (χ2v) is 4.07. The topological polar surface area (TPSA) is 51.0 Å². The summed E-state index contributed by atoms with van der Waals surface area (Å²) in [6.07, 6.45) is 1.74. The minimum absolute atomic E-state index is 0.593. The molecule has 0 radical (unpaired) electrons. The van der Waals surface area contributed by atoms with E-state index in [0.29, 0.717) is 6.54 Å². The molecule has 0 atom stereocenters. The van der Waals surface area contributed by atoms with E-state index in [1.165, 1.54) is 0 Å². The van der Waals surface area contributed by atoms with Crippen molar-refractivity contribution in [3.63, 3.8) is 0 Å². The molecule has 0 saturated carbocycles. The lowest BCUT2D eigenvalue weighted by atomic mass is 10.4. The van der Waals surface area contributed by atoms with Gasteiger partial charge in [0.05, 0.1) is 12.2 Å². The van der Waals surface area contributed by atoms with Crippen LogP contribution in [0.1, 0.15) is 11.5 Å². The Kier molecular flexibility index (Phi) is 3.01. The molecule has 78 valence electrons. The first-order valence-electron chi connectivity index (χ1n) is 4.51. The molecule has 2 rings (SSSR count). The number of pyridine rings is 1. The molecule has 0 spiro atoms. The van der Waals surface area contributed by atoms with Gasteiger partial charge in [-0.05, 0) is 35.0 Å². The molecule has 0 unspecified atom stereocenters.